The molecule has 0 saturated heterocycles. The van der Waals surface area contributed by atoms with Gasteiger partial charge in [-0.3, -0.25) is 4.79 Å². The van der Waals surface area contributed by atoms with E-state index in [-0.39, 0.29) is 17.2 Å². The highest BCUT2D eigenvalue weighted by Gasteiger charge is 2.14. The summed E-state index contributed by atoms with van der Waals surface area (Å²) < 4.78 is 14.2. The smallest absolute Gasteiger partial charge is 0.253 e. The van der Waals surface area contributed by atoms with Crippen LogP contribution >= 0.6 is 22.9 Å². The summed E-state index contributed by atoms with van der Waals surface area (Å²) in [6.07, 6.45) is 1.61. The molecular weight excluding hydrogens is 289 g/mol. The molecule has 2 aromatic rings. The van der Waals surface area contributed by atoms with Crippen molar-refractivity contribution in [2.45, 2.75) is 6.54 Å². The molecular formula is C12H11ClFN3OS. The number of nitrogens with zero attached hydrogens (tertiary/aromatic N) is 1. The number of benzene rings is 1. The Balaban J connectivity index is 2.21. The second-order valence-electron chi connectivity index (χ2n) is 3.67. The third-order valence-corrected chi connectivity index (χ3v) is 3.56. The first-order valence-corrected chi connectivity index (χ1v) is 6.66. The van der Waals surface area contributed by atoms with Crippen molar-refractivity contribution >= 4 is 34.5 Å². The number of anilines is 1. The van der Waals surface area contributed by atoms with Gasteiger partial charge in [-0.25, -0.2) is 9.37 Å². The molecule has 0 aliphatic carbocycles. The molecule has 0 fully saturated rings. The van der Waals surface area contributed by atoms with E-state index < -0.39 is 5.82 Å². The quantitative estimate of drug-likeness (QED) is 0.913. The van der Waals surface area contributed by atoms with E-state index >= 15 is 0 Å². The lowest BCUT2D eigenvalue weighted by atomic mass is 10.1. The van der Waals surface area contributed by atoms with Crippen LogP contribution in [0.1, 0.15) is 15.2 Å². The fraction of sp³-hybridized carbons (Fsp3) is 0.167. The number of nitrogens with one attached hydrogen (secondary N) is 2. The van der Waals surface area contributed by atoms with Crippen LogP contribution in [0.3, 0.4) is 0 Å². The van der Waals surface area contributed by atoms with E-state index in [9.17, 15) is 9.18 Å². The molecule has 0 atom stereocenters. The molecule has 1 amide bonds. The van der Waals surface area contributed by atoms with Gasteiger partial charge in [-0.15, -0.1) is 11.3 Å². The molecule has 0 radical (unpaired) electrons. The van der Waals surface area contributed by atoms with Crippen LogP contribution in [0.25, 0.3) is 0 Å². The third-order valence-electron chi connectivity index (χ3n) is 2.45. The number of hydrogen-bond acceptors (Lipinski definition) is 4. The summed E-state index contributed by atoms with van der Waals surface area (Å²) in [5, 5.41) is 5.38. The lowest BCUT2D eigenvalue weighted by molar-refractivity contribution is 0.0963. The van der Waals surface area contributed by atoms with Crippen molar-refractivity contribution in [3.05, 3.63) is 45.1 Å². The molecule has 1 heterocycles. The van der Waals surface area contributed by atoms with E-state index in [1.807, 2.05) is 0 Å². The summed E-state index contributed by atoms with van der Waals surface area (Å²) in [7, 11) is 1.50. The van der Waals surface area contributed by atoms with Gasteiger partial charge in [-0.2, -0.15) is 0 Å². The topological polar surface area (TPSA) is 54.0 Å². The van der Waals surface area contributed by atoms with Crippen molar-refractivity contribution in [1.82, 2.24) is 10.3 Å². The van der Waals surface area contributed by atoms with Crippen LogP contribution in [0.4, 0.5) is 10.1 Å². The minimum atomic E-state index is -0.475. The average Bonchev–Trinajstić information content (AvgIpc) is 2.82. The second kappa shape index (κ2) is 5.99. The van der Waals surface area contributed by atoms with Crippen LogP contribution in [-0.2, 0) is 6.54 Å². The van der Waals surface area contributed by atoms with E-state index in [0.29, 0.717) is 11.0 Å². The number of carbonyl (C=O) groups is 1. The Labute approximate surface area is 118 Å². The molecule has 4 nitrogen and oxygen atoms in total. The number of aromatic nitrogens is 1. The van der Waals surface area contributed by atoms with E-state index in [1.165, 1.54) is 30.5 Å². The molecule has 100 valence electrons. The van der Waals surface area contributed by atoms with Crippen LogP contribution in [0.15, 0.2) is 24.4 Å². The summed E-state index contributed by atoms with van der Waals surface area (Å²) in [6.45, 7) is 0.356. The van der Waals surface area contributed by atoms with Crippen LogP contribution < -0.4 is 10.6 Å². The predicted molar refractivity (Wildman–Crippen MR) is 74.2 cm³/mol. The summed E-state index contributed by atoms with van der Waals surface area (Å²) in [5.41, 5.74) is 0.435. The number of carbonyl (C=O) groups excluding carboxylic acids is 1. The van der Waals surface area contributed by atoms with E-state index in [1.54, 1.807) is 12.3 Å². The van der Waals surface area contributed by atoms with Gasteiger partial charge in [0.1, 0.15) is 5.82 Å². The van der Waals surface area contributed by atoms with Crippen LogP contribution in [-0.4, -0.2) is 17.9 Å². The first-order chi connectivity index (χ1) is 9.11. The molecule has 0 unspecified atom stereocenters. The van der Waals surface area contributed by atoms with Gasteiger partial charge in [-0.1, -0.05) is 17.7 Å². The molecule has 0 spiro atoms. The molecule has 7 heteroatoms. The Kier molecular flexibility index (Phi) is 4.34. The number of amides is 1. The molecule has 1 aromatic heterocycles. The van der Waals surface area contributed by atoms with E-state index in [2.05, 4.69) is 15.6 Å². The van der Waals surface area contributed by atoms with Crippen molar-refractivity contribution in [2.75, 3.05) is 12.4 Å². The normalized spacial score (nSPS) is 10.3. The zero-order valence-electron chi connectivity index (χ0n) is 10.0. The monoisotopic (exact) mass is 299 g/mol. The molecule has 19 heavy (non-hydrogen) atoms. The molecule has 0 aliphatic heterocycles. The first-order valence-electron chi connectivity index (χ1n) is 5.46. The molecule has 2 N–H and O–H groups in total. The van der Waals surface area contributed by atoms with Gasteiger partial charge >= 0.3 is 0 Å². The Morgan fingerprint density at radius 3 is 2.95 bits per heavy atom. The van der Waals surface area contributed by atoms with E-state index in [4.69, 9.17) is 11.6 Å². The zero-order valence-corrected chi connectivity index (χ0v) is 11.6. The highest BCUT2D eigenvalue weighted by Crippen LogP contribution is 2.23. The summed E-state index contributed by atoms with van der Waals surface area (Å²) in [5.74, 6) is -0.818. The van der Waals surface area contributed by atoms with Gasteiger partial charge in [0.05, 0.1) is 17.8 Å². The van der Waals surface area contributed by atoms with Crippen molar-refractivity contribution in [3.63, 3.8) is 0 Å². The Bertz CT molecular complexity index is 602. The minimum Gasteiger partial charge on any atom is -0.377 e. The highest BCUT2D eigenvalue weighted by molar-refractivity contribution is 7.15. The summed E-state index contributed by atoms with van der Waals surface area (Å²) in [6, 6.07) is 4.35. The molecule has 0 aliphatic rings. The van der Waals surface area contributed by atoms with Crippen LogP contribution in [0, 0.1) is 5.82 Å². The maximum atomic E-state index is 13.8. The van der Waals surface area contributed by atoms with Gasteiger partial charge in [-0.05, 0) is 12.1 Å². The highest BCUT2D eigenvalue weighted by atomic mass is 35.5. The second-order valence-corrected chi connectivity index (χ2v) is 5.37. The lowest BCUT2D eigenvalue weighted by Crippen LogP contribution is -2.20. The van der Waals surface area contributed by atoms with Crippen LogP contribution in [0.2, 0.25) is 4.47 Å². The predicted octanol–water partition coefficient (Wildman–Crippen LogP) is 2.91. The average molecular weight is 300 g/mol. The maximum absolute atomic E-state index is 13.8. The third kappa shape index (κ3) is 3.21. The van der Waals surface area contributed by atoms with Gasteiger partial charge in [0, 0.05) is 18.1 Å². The van der Waals surface area contributed by atoms with Crippen LogP contribution in [0.5, 0.6) is 0 Å². The van der Waals surface area contributed by atoms with Gasteiger partial charge in [0.15, 0.2) is 4.47 Å². The molecule has 2 rings (SSSR count). The fourth-order valence-corrected chi connectivity index (χ4v) is 2.49. The van der Waals surface area contributed by atoms with Crippen molar-refractivity contribution in [1.29, 1.82) is 0 Å². The first kappa shape index (κ1) is 13.8. The molecule has 1 aromatic carbocycles. The molecule has 0 saturated carbocycles. The minimum absolute atomic E-state index is 0.173. The largest absolute Gasteiger partial charge is 0.377 e. The SMILES string of the molecule is CNC(=O)c1cccc(F)c1NCc1cnc(Cl)s1. The Hall–Kier alpha value is -1.66. The van der Waals surface area contributed by atoms with Crippen molar-refractivity contribution in [2.24, 2.45) is 0 Å². The van der Waals surface area contributed by atoms with E-state index in [0.717, 1.165) is 4.88 Å². The number of para-hydroxylation sites is 1. The van der Waals surface area contributed by atoms with Crippen molar-refractivity contribution < 1.29 is 9.18 Å². The fourth-order valence-electron chi connectivity index (χ4n) is 1.57. The number of halogens is 2. The van der Waals surface area contributed by atoms with Gasteiger partial charge in [0.2, 0.25) is 0 Å². The lowest BCUT2D eigenvalue weighted by Gasteiger charge is -2.11. The number of rotatable bonds is 4. The maximum Gasteiger partial charge on any atom is 0.253 e. The number of thiazole rings is 1. The van der Waals surface area contributed by atoms with Crippen molar-refractivity contribution in [3.8, 4) is 0 Å². The Morgan fingerprint density at radius 1 is 1.53 bits per heavy atom. The number of hydrogen-bond donors (Lipinski definition) is 2. The standard InChI is InChI=1S/C12H11ClFN3OS/c1-15-11(18)8-3-2-4-9(14)10(8)16-5-7-6-17-12(13)19-7/h2-4,6,16H,5H2,1H3,(H,15,18). The zero-order chi connectivity index (χ0) is 13.8. The van der Waals surface area contributed by atoms with Gasteiger partial charge < -0.3 is 10.6 Å². The summed E-state index contributed by atoms with van der Waals surface area (Å²) >= 11 is 7.02. The van der Waals surface area contributed by atoms with Gasteiger partial charge in [0.25, 0.3) is 5.91 Å². The Morgan fingerprint density at radius 2 is 2.32 bits per heavy atom. The molecule has 0 bridgehead atoms. The summed E-state index contributed by atoms with van der Waals surface area (Å²) in [4.78, 5) is 16.4.